The fourth-order valence-electron chi connectivity index (χ4n) is 6.10. The van der Waals surface area contributed by atoms with Crippen LogP contribution in [0.5, 0.6) is 0 Å². The van der Waals surface area contributed by atoms with Gasteiger partial charge in [-0.2, -0.15) is 0 Å². The van der Waals surface area contributed by atoms with Gasteiger partial charge in [-0.3, -0.25) is 14.4 Å². The van der Waals surface area contributed by atoms with Crippen LogP contribution in [0.4, 0.5) is 0 Å². The molecule has 4 nitrogen and oxygen atoms in total. The molecule has 0 radical (unpaired) electrons. The van der Waals surface area contributed by atoms with Gasteiger partial charge in [-0.15, -0.1) is 0 Å². The van der Waals surface area contributed by atoms with E-state index >= 15 is 0 Å². The van der Waals surface area contributed by atoms with Gasteiger partial charge in [-0.25, -0.2) is 0 Å². The minimum atomic E-state index is -1.04. The number of hydrogen-bond acceptors (Lipinski definition) is 4. The Morgan fingerprint density at radius 3 is 2.61 bits per heavy atom. The average molecular weight is 314 g/mol. The van der Waals surface area contributed by atoms with Crippen molar-refractivity contribution in [3.05, 3.63) is 11.6 Å². The Morgan fingerprint density at radius 1 is 1.09 bits per heavy atom. The van der Waals surface area contributed by atoms with Crippen molar-refractivity contribution in [1.82, 2.24) is 0 Å². The van der Waals surface area contributed by atoms with Crippen molar-refractivity contribution < 1.29 is 19.2 Å². The van der Waals surface area contributed by atoms with Crippen LogP contribution in [-0.2, 0) is 19.2 Å². The molecule has 4 aliphatic rings. The first-order valence-corrected chi connectivity index (χ1v) is 8.70. The molecule has 0 aromatic rings. The van der Waals surface area contributed by atoms with E-state index in [1.165, 1.54) is 5.57 Å². The number of carbonyl (C=O) groups excluding carboxylic acids is 4. The van der Waals surface area contributed by atoms with Crippen LogP contribution in [0, 0.1) is 28.6 Å². The zero-order valence-corrected chi connectivity index (χ0v) is 13.5. The number of allylic oxidation sites excluding steroid dienone is 1. The monoisotopic (exact) mass is 314 g/mol. The smallest absolute Gasteiger partial charge is 0.211 e. The zero-order chi connectivity index (χ0) is 16.4. The van der Waals surface area contributed by atoms with E-state index in [2.05, 4.69) is 6.92 Å². The lowest BCUT2D eigenvalue weighted by Gasteiger charge is -2.56. The lowest BCUT2D eigenvalue weighted by molar-refractivity contribution is -0.146. The van der Waals surface area contributed by atoms with E-state index < -0.39 is 11.2 Å². The van der Waals surface area contributed by atoms with E-state index in [1.54, 1.807) is 0 Å². The quantitative estimate of drug-likeness (QED) is 0.423. The van der Waals surface area contributed by atoms with Crippen LogP contribution in [0.2, 0.25) is 0 Å². The predicted molar refractivity (Wildman–Crippen MR) is 82.5 cm³/mol. The van der Waals surface area contributed by atoms with Crippen LogP contribution >= 0.6 is 0 Å². The van der Waals surface area contributed by atoms with Crippen molar-refractivity contribution in [2.24, 2.45) is 28.6 Å². The second-order valence-corrected chi connectivity index (χ2v) is 8.12. The van der Waals surface area contributed by atoms with Gasteiger partial charge >= 0.3 is 0 Å². The molecule has 4 aliphatic carbocycles. The molecule has 4 heteroatoms. The maximum atomic E-state index is 12.3. The average Bonchev–Trinajstić information content (AvgIpc) is 2.80. The largest absolute Gasteiger partial charge is 0.302 e. The van der Waals surface area contributed by atoms with Crippen LogP contribution in [0.1, 0.15) is 51.9 Å². The Hall–Kier alpha value is -1.58. The molecule has 0 aromatic heterocycles. The normalized spacial score (nSPS) is 45.9. The van der Waals surface area contributed by atoms with Crippen LogP contribution in [0.3, 0.4) is 0 Å². The molecule has 23 heavy (non-hydrogen) atoms. The van der Waals surface area contributed by atoms with Gasteiger partial charge in [0.2, 0.25) is 5.78 Å². The molecule has 5 atom stereocenters. The van der Waals surface area contributed by atoms with Crippen LogP contribution in [0.15, 0.2) is 11.6 Å². The Kier molecular flexibility index (Phi) is 3.07. The number of hydrogen-bond donors (Lipinski definition) is 0. The molecular formula is C19H22O4. The first-order valence-electron chi connectivity index (χ1n) is 8.70. The zero-order valence-electron chi connectivity index (χ0n) is 13.5. The summed E-state index contributed by atoms with van der Waals surface area (Å²) in [6, 6.07) is 0. The van der Waals surface area contributed by atoms with Gasteiger partial charge in [0.05, 0.1) is 5.41 Å². The molecule has 0 heterocycles. The summed E-state index contributed by atoms with van der Waals surface area (Å²) in [6.07, 6.45) is 7.37. The number of ketones is 3. The first kappa shape index (κ1) is 15.0. The molecule has 3 saturated carbocycles. The molecule has 0 unspecified atom stereocenters. The highest BCUT2D eigenvalue weighted by Crippen LogP contribution is 2.63. The van der Waals surface area contributed by atoms with Gasteiger partial charge in [0.25, 0.3) is 0 Å². The van der Waals surface area contributed by atoms with Crippen molar-refractivity contribution in [2.45, 2.75) is 51.9 Å². The summed E-state index contributed by atoms with van der Waals surface area (Å²) in [5.41, 5.74) is 0.213. The molecule has 0 aliphatic heterocycles. The maximum Gasteiger partial charge on any atom is 0.211 e. The maximum absolute atomic E-state index is 12.3. The molecule has 3 fully saturated rings. The van der Waals surface area contributed by atoms with Gasteiger partial charge < -0.3 is 4.79 Å². The van der Waals surface area contributed by atoms with Gasteiger partial charge in [-0.05, 0) is 61.3 Å². The standard InChI is InChI=1S/C19H22O4/c1-18-6-4-12(21)8-11(18)2-3-13-14(18)5-7-19(10-20)15(13)9-16(22)17(19)23/h8,10,13-15H,2-7,9H2,1H3/t13-,14+,15+,18+,19-/m1/s1. The SMILES string of the molecule is C[C@]12CCC(=O)C=C1CC[C@@H]1[C@@H]2CC[C@]2(C=O)C(=O)C(=O)C[C@@H]12. The highest BCUT2D eigenvalue weighted by molar-refractivity contribution is 6.44. The summed E-state index contributed by atoms with van der Waals surface area (Å²) in [4.78, 5) is 47.9. The van der Waals surface area contributed by atoms with Crippen molar-refractivity contribution in [3.63, 3.8) is 0 Å². The summed E-state index contributed by atoms with van der Waals surface area (Å²) in [5.74, 6) is -0.0589. The summed E-state index contributed by atoms with van der Waals surface area (Å²) in [7, 11) is 0. The fraction of sp³-hybridized carbons (Fsp3) is 0.684. The lowest BCUT2D eigenvalue weighted by Crippen LogP contribution is -2.52. The lowest BCUT2D eigenvalue weighted by atomic mass is 9.47. The molecular weight excluding hydrogens is 292 g/mol. The van der Waals surface area contributed by atoms with E-state index in [0.717, 1.165) is 32.0 Å². The van der Waals surface area contributed by atoms with E-state index in [0.29, 0.717) is 18.8 Å². The van der Waals surface area contributed by atoms with Crippen LogP contribution in [0.25, 0.3) is 0 Å². The number of fused-ring (bicyclic) bond motifs is 5. The Morgan fingerprint density at radius 2 is 1.87 bits per heavy atom. The second kappa shape index (κ2) is 4.71. The molecule has 122 valence electrons. The molecule has 0 amide bonds. The number of Topliss-reactive ketones (excluding diaryl/α,β-unsaturated/α-hetero) is 2. The third-order valence-corrected chi connectivity index (χ3v) is 7.38. The van der Waals surface area contributed by atoms with E-state index in [-0.39, 0.29) is 35.2 Å². The number of aldehydes is 1. The van der Waals surface area contributed by atoms with Gasteiger partial charge in [0.1, 0.15) is 6.29 Å². The topological polar surface area (TPSA) is 68.3 Å². The minimum absolute atomic E-state index is 0.000552. The minimum Gasteiger partial charge on any atom is -0.302 e. The van der Waals surface area contributed by atoms with E-state index in [1.807, 2.05) is 6.08 Å². The fourth-order valence-corrected chi connectivity index (χ4v) is 6.10. The Labute approximate surface area is 135 Å². The Balaban J connectivity index is 1.74. The summed E-state index contributed by atoms with van der Waals surface area (Å²) < 4.78 is 0. The van der Waals surface area contributed by atoms with Gasteiger partial charge in [-0.1, -0.05) is 12.5 Å². The molecule has 0 N–H and O–H groups in total. The van der Waals surface area contributed by atoms with Crippen LogP contribution in [-0.4, -0.2) is 23.6 Å². The predicted octanol–water partition coefficient (Wildman–Crippen LogP) is 2.45. The van der Waals surface area contributed by atoms with Crippen molar-refractivity contribution in [1.29, 1.82) is 0 Å². The number of carbonyl (C=O) groups is 4. The first-order chi connectivity index (χ1) is 10.9. The van der Waals surface area contributed by atoms with Crippen molar-refractivity contribution >= 4 is 23.6 Å². The van der Waals surface area contributed by atoms with E-state index in [9.17, 15) is 19.2 Å². The summed E-state index contributed by atoms with van der Waals surface area (Å²) in [5, 5.41) is 0. The van der Waals surface area contributed by atoms with Gasteiger partial charge in [0.15, 0.2) is 11.6 Å². The van der Waals surface area contributed by atoms with Gasteiger partial charge in [0, 0.05) is 12.8 Å². The third-order valence-electron chi connectivity index (χ3n) is 7.38. The molecule has 0 saturated heterocycles. The highest BCUT2D eigenvalue weighted by atomic mass is 16.2. The molecule has 0 spiro atoms. The number of rotatable bonds is 1. The third kappa shape index (κ3) is 1.78. The molecule has 0 bridgehead atoms. The van der Waals surface area contributed by atoms with E-state index in [4.69, 9.17) is 0 Å². The summed E-state index contributed by atoms with van der Waals surface area (Å²) >= 11 is 0. The van der Waals surface area contributed by atoms with Crippen molar-refractivity contribution in [3.8, 4) is 0 Å². The van der Waals surface area contributed by atoms with Crippen LogP contribution < -0.4 is 0 Å². The van der Waals surface area contributed by atoms with Crippen molar-refractivity contribution in [2.75, 3.05) is 0 Å². The summed E-state index contributed by atoms with van der Waals surface area (Å²) in [6.45, 7) is 2.24. The second-order valence-electron chi connectivity index (χ2n) is 8.12. The Bertz CT molecular complexity index is 660. The molecule has 0 aromatic carbocycles. The highest BCUT2D eigenvalue weighted by Gasteiger charge is 2.63. The molecule has 4 rings (SSSR count).